The number of fused-ring (bicyclic) bond motifs is 1. The van der Waals surface area contributed by atoms with Crippen molar-refractivity contribution in [3.8, 4) is 0 Å². The lowest BCUT2D eigenvalue weighted by atomic mass is 10.1. The number of amides is 3. The number of nitrogens with zero attached hydrogens (tertiary/aromatic N) is 1. The summed E-state index contributed by atoms with van der Waals surface area (Å²) in [4.78, 5) is 40.3. The lowest BCUT2D eigenvalue weighted by Crippen LogP contribution is -2.31. The lowest BCUT2D eigenvalue weighted by molar-refractivity contribution is 0.0656. The Bertz CT molecular complexity index is 1050. The Morgan fingerprint density at radius 3 is 2.45 bits per heavy atom. The molecule has 146 valence electrons. The first-order valence-corrected chi connectivity index (χ1v) is 10.4. The summed E-state index contributed by atoms with van der Waals surface area (Å²) in [6.07, 6.45) is 1.36. The summed E-state index contributed by atoms with van der Waals surface area (Å²) in [7, 11) is 0. The second-order valence-corrected chi connectivity index (χ2v) is 7.88. The first-order chi connectivity index (χ1) is 14.1. The summed E-state index contributed by atoms with van der Waals surface area (Å²) >= 11 is 1.65. The SMILES string of the molecule is O=C(NCCc1cccs1)c1ccc2c(c1)C(=O)N(CCc1ccccc1)C2=O. The minimum atomic E-state index is -0.339. The van der Waals surface area contributed by atoms with Gasteiger partial charge in [-0.05, 0) is 48.1 Å². The van der Waals surface area contributed by atoms with Crippen LogP contribution in [0.1, 0.15) is 41.5 Å². The molecule has 0 aliphatic carbocycles. The van der Waals surface area contributed by atoms with E-state index in [1.54, 1.807) is 23.5 Å². The fourth-order valence-electron chi connectivity index (χ4n) is 3.38. The van der Waals surface area contributed by atoms with E-state index >= 15 is 0 Å². The number of nitrogens with one attached hydrogen (secondary N) is 1. The van der Waals surface area contributed by atoms with Gasteiger partial charge in [-0.3, -0.25) is 19.3 Å². The van der Waals surface area contributed by atoms with Gasteiger partial charge in [0.25, 0.3) is 17.7 Å². The van der Waals surface area contributed by atoms with Crippen molar-refractivity contribution >= 4 is 29.1 Å². The number of thiophene rings is 1. The highest BCUT2D eigenvalue weighted by Crippen LogP contribution is 2.24. The molecule has 1 aliphatic rings. The molecule has 0 saturated heterocycles. The third-order valence-electron chi connectivity index (χ3n) is 4.94. The molecule has 0 bridgehead atoms. The number of hydrogen-bond donors (Lipinski definition) is 1. The molecule has 0 unspecified atom stereocenters. The van der Waals surface area contributed by atoms with Gasteiger partial charge in [-0.15, -0.1) is 11.3 Å². The van der Waals surface area contributed by atoms with Crippen LogP contribution in [0.15, 0.2) is 66.0 Å². The molecule has 0 fully saturated rings. The molecule has 0 saturated carbocycles. The fourth-order valence-corrected chi connectivity index (χ4v) is 4.09. The van der Waals surface area contributed by atoms with Gasteiger partial charge in [-0.1, -0.05) is 36.4 Å². The molecule has 0 spiro atoms. The third-order valence-corrected chi connectivity index (χ3v) is 5.87. The van der Waals surface area contributed by atoms with Crippen LogP contribution < -0.4 is 5.32 Å². The van der Waals surface area contributed by atoms with Crippen LogP contribution in [0.5, 0.6) is 0 Å². The largest absolute Gasteiger partial charge is 0.352 e. The number of carbonyl (C=O) groups is 3. The van der Waals surface area contributed by atoms with Crippen molar-refractivity contribution in [2.24, 2.45) is 0 Å². The summed E-state index contributed by atoms with van der Waals surface area (Å²) in [6.45, 7) is 0.839. The Morgan fingerprint density at radius 2 is 1.69 bits per heavy atom. The van der Waals surface area contributed by atoms with Gasteiger partial charge in [0.15, 0.2) is 0 Å². The van der Waals surface area contributed by atoms with E-state index in [0.717, 1.165) is 12.0 Å². The van der Waals surface area contributed by atoms with Crippen LogP contribution in [0.2, 0.25) is 0 Å². The standard InChI is InChI=1S/C23H20N2O3S/c26-21(24-12-10-18-7-4-14-29-18)17-8-9-19-20(15-17)23(28)25(22(19)27)13-11-16-5-2-1-3-6-16/h1-9,14-15H,10-13H2,(H,24,26). The molecule has 1 N–H and O–H groups in total. The molecule has 1 aromatic heterocycles. The number of benzene rings is 2. The van der Waals surface area contributed by atoms with E-state index in [1.165, 1.54) is 15.8 Å². The highest BCUT2D eigenvalue weighted by Gasteiger charge is 2.35. The molecule has 2 aromatic carbocycles. The van der Waals surface area contributed by atoms with E-state index in [1.807, 2.05) is 47.8 Å². The van der Waals surface area contributed by atoms with Crippen LogP contribution in [0.3, 0.4) is 0 Å². The average Bonchev–Trinajstić information content (AvgIpc) is 3.34. The summed E-state index contributed by atoms with van der Waals surface area (Å²) < 4.78 is 0. The van der Waals surface area contributed by atoms with E-state index in [0.29, 0.717) is 36.2 Å². The fraction of sp³-hybridized carbons (Fsp3) is 0.174. The first kappa shape index (κ1) is 19.1. The summed E-state index contributed by atoms with van der Waals surface area (Å²) in [5, 5.41) is 4.87. The molecule has 0 radical (unpaired) electrons. The molecule has 6 heteroatoms. The molecule has 3 amide bonds. The maximum Gasteiger partial charge on any atom is 0.261 e. The van der Waals surface area contributed by atoms with Crippen LogP contribution in [0.4, 0.5) is 0 Å². The van der Waals surface area contributed by atoms with Crippen molar-refractivity contribution in [2.45, 2.75) is 12.8 Å². The maximum atomic E-state index is 12.7. The van der Waals surface area contributed by atoms with Crippen molar-refractivity contribution in [1.82, 2.24) is 10.2 Å². The Kier molecular flexibility index (Phi) is 5.53. The van der Waals surface area contributed by atoms with Gasteiger partial charge >= 0.3 is 0 Å². The van der Waals surface area contributed by atoms with Gasteiger partial charge in [0.1, 0.15) is 0 Å². The highest BCUT2D eigenvalue weighted by atomic mass is 32.1. The van der Waals surface area contributed by atoms with Crippen molar-refractivity contribution in [3.63, 3.8) is 0 Å². The summed E-state index contributed by atoms with van der Waals surface area (Å²) in [6, 6.07) is 18.4. The molecule has 1 aliphatic heterocycles. The second-order valence-electron chi connectivity index (χ2n) is 6.84. The van der Waals surface area contributed by atoms with Gasteiger partial charge in [0, 0.05) is 23.5 Å². The summed E-state index contributed by atoms with van der Waals surface area (Å²) in [5.41, 5.74) is 2.11. The Morgan fingerprint density at radius 1 is 0.897 bits per heavy atom. The van der Waals surface area contributed by atoms with Crippen LogP contribution >= 0.6 is 11.3 Å². The van der Waals surface area contributed by atoms with Crippen molar-refractivity contribution in [2.75, 3.05) is 13.1 Å². The molecule has 0 atom stereocenters. The van der Waals surface area contributed by atoms with E-state index in [9.17, 15) is 14.4 Å². The van der Waals surface area contributed by atoms with Crippen LogP contribution in [0.25, 0.3) is 0 Å². The second kappa shape index (κ2) is 8.41. The molecular weight excluding hydrogens is 384 g/mol. The Hall–Kier alpha value is -3.25. The Balaban J connectivity index is 1.41. The quantitative estimate of drug-likeness (QED) is 0.613. The van der Waals surface area contributed by atoms with Crippen LogP contribution in [-0.4, -0.2) is 35.7 Å². The molecule has 5 nitrogen and oxygen atoms in total. The zero-order chi connectivity index (χ0) is 20.2. The lowest BCUT2D eigenvalue weighted by Gasteiger charge is -2.13. The maximum absolute atomic E-state index is 12.7. The van der Waals surface area contributed by atoms with Crippen molar-refractivity contribution in [1.29, 1.82) is 0 Å². The van der Waals surface area contributed by atoms with Gasteiger partial charge < -0.3 is 5.32 Å². The van der Waals surface area contributed by atoms with Gasteiger partial charge in [-0.25, -0.2) is 0 Å². The molecule has 29 heavy (non-hydrogen) atoms. The number of hydrogen-bond acceptors (Lipinski definition) is 4. The highest BCUT2D eigenvalue weighted by molar-refractivity contribution is 7.09. The average molecular weight is 404 g/mol. The van der Waals surface area contributed by atoms with Gasteiger partial charge in [-0.2, -0.15) is 0 Å². The molecule has 3 aromatic rings. The predicted molar refractivity (Wildman–Crippen MR) is 112 cm³/mol. The molecule has 4 rings (SSSR count). The monoisotopic (exact) mass is 404 g/mol. The number of imide groups is 1. The Labute approximate surface area is 173 Å². The zero-order valence-electron chi connectivity index (χ0n) is 15.8. The molecular formula is C23H20N2O3S. The zero-order valence-corrected chi connectivity index (χ0v) is 16.6. The third kappa shape index (κ3) is 4.12. The van der Waals surface area contributed by atoms with Crippen LogP contribution in [-0.2, 0) is 12.8 Å². The normalized spacial score (nSPS) is 12.9. The van der Waals surface area contributed by atoms with Gasteiger partial charge in [0.2, 0.25) is 0 Å². The topological polar surface area (TPSA) is 66.5 Å². The van der Waals surface area contributed by atoms with Crippen molar-refractivity contribution in [3.05, 3.63) is 93.2 Å². The van der Waals surface area contributed by atoms with Crippen molar-refractivity contribution < 1.29 is 14.4 Å². The minimum Gasteiger partial charge on any atom is -0.352 e. The van der Waals surface area contributed by atoms with Gasteiger partial charge in [0.05, 0.1) is 11.1 Å². The first-order valence-electron chi connectivity index (χ1n) is 9.48. The number of carbonyl (C=O) groups excluding carboxylic acids is 3. The van der Waals surface area contributed by atoms with E-state index in [-0.39, 0.29) is 17.7 Å². The smallest absolute Gasteiger partial charge is 0.261 e. The van der Waals surface area contributed by atoms with E-state index in [4.69, 9.17) is 0 Å². The number of rotatable bonds is 7. The van der Waals surface area contributed by atoms with E-state index < -0.39 is 0 Å². The predicted octanol–water partition coefficient (Wildman–Crippen LogP) is 3.56. The minimum absolute atomic E-state index is 0.243. The van der Waals surface area contributed by atoms with Crippen LogP contribution in [0, 0.1) is 0 Å². The van der Waals surface area contributed by atoms with E-state index in [2.05, 4.69) is 5.32 Å². The summed E-state index contributed by atoms with van der Waals surface area (Å²) in [5.74, 6) is -0.882. The molecule has 2 heterocycles.